The summed E-state index contributed by atoms with van der Waals surface area (Å²) >= 11 is 6.05. The van der Waals surface area contributed by atoms with Crippen LogP contribution in [0.1, 0.15) is 36.1 Å². The minimum atomic E-state index is -4.55. The molecule has 23 heterocycles. The van der Waals surface area contributed by atoms with E-state index in [4.69, 9.17) is 36.6 Å². The van der Waals surface area contributed by atoms with Crippen LogP contribution in [-0.2, 0) is 17.1 Å². The van der Waals surface area contributed by atoms with Crippen LogP contribution >= 0.6 is 11.6 Å². The van der Waals surface area contributed by atoms with Gasteiger partial charge in [0.15, 0.2) is 62.8 Å². The molecule has 35 nitrogen and oxygen atoms in total. The van der Waals surface area contributed by atoms with Crippen molar-refractivity contribution in [3.05, 3.63) is 290 Å². The number of aromatic nitrogens is 25. The first-order chi connectivity index (χ1) is 68.7. The Morgan fingerprint density at radius 1 is 0.433 bits per heavy atom. The number of nitrogens with zero attached hydrogens (tertiary/aromatic N) is 30. The van der Waals surface area contributed by atoms with Gasteiger partial charge in [-0.15, -0.1) is 0 Å². The van der Waals surface area contributed by atoms with Crippen LogP contribution in [0.15, 0.2) is 277 Å². The quantitative estimate of drug-likeness (QED) is 0.0735. The van der Waals surface area contributed by atoms with Gasteiger partial charge in [0, 0.05) is 159 Å². The number of rotatable bonds is 14. The van der Waals surface area contributed by atoms with Gasteiger partial charge in [-0.1, -0.05) is 66.2 Å². The topological polar surface area (TPSA) is 390 Å². The Morgan fingerprint density at radius 3 is 1.33 bits per heavy atom. The molecule has 4 atom stereocenters. The molecule has 0 spiro atoms. The number of hydrogen-bond acceptors (Lipinski definition) is 28. The van der Waals surface area contributed by atoms with Crippen molar-refractivity contribution in [3.8, 4) is 85.9 Å². The van der Waals surface area contributed by atoms with Gasteiger partial charge in [0.2, 0.25) is 0 Å². The standard InChI is InChI=1S/C20H13F2N5.C20H12N6.C19H18ClN7O.2C19H17F3N8/c21-20(22)17-11-27-18(9-25-19(27)10-24-17)16-6-2-5-15(26-16)12-3-1-4-14-13(12)7-8-23-14;21-9-13-12-26-19(10-24-20(26)11-23-13)18-6-2-5-17(25-18)14-3-1-4-16-15(14)7-8-22-16;1-12-18(13-2-4-21-8-13)28-7-6-26(12)16-3-5-22-19(25-16)14-9-24-17-10-23-15(20)11-27(14)17;2*20-19(21,22)15-11-30-14(8-27-17(30)9-26-15)18-25-4-2-16(28-18)29-6-5-24-13(10-29)12-1-3-23-7-12/h1-11,20,23H;1-8,10-12,22H;2-3,5,8-12,18H,4,6-7H2,1H3;2*1-2,4,7-9,11,13,24H,3,5-6,10H2. The largest absolute Gasteiger partial charge is 0.434 e. The molecule has 4 N–H and O–H groups in total. The average Bonchev–Trinajstić information content (AvgIpc) is 1.66. The number of imidazole rings is 5. The molecule has 6 aliphatic heterocycles. The van der Waals surface area contributed by atoms with Crippen LogP contribution in [0.2, 0.25) is 5.15 Å². The van der Waals surface area contributed by atoms with E-state index < -0.39 is 30.2 Å². The molecule has 3 fully saturated rings. The lowest BCUT2D eigenvalue weighted by molar-refractivity contribution is -0.142. The highest BCUT2D eigenvalue weighted by Crippen LogP contribution is 2.37. The summed E-state index contributed by atoms with van der Waals surface area (Å²) in [6.07, 6.45) is 30.3. The Kier molecular flexibility index (Phi) is 24.9. The Morgan fingerprint density at radius 2 is 0.858 bits per heavy atom. The fourth-order valence-corrected chi connectivity index (χ4v) is 17.5. The average molecular weight is 1920 g/mol. The van der Waals surface area contributed by atoms with Gasteiger partial charge >= 0.3 is 12.4 Å². The van der Waals surface area contributed by atoms with E-state index in [2.05, 4.69) is 168 Å². The number of aromatic amines is 2. The molecule has 3 saturated heterocycles. The van der Waals surface area contributed by atoms with E-state index in [0.717, 1.165) is 148 Å². The number of nitrogens with one attached hydrogen (secondary N) is 4. The van der Waals surface area contributed by atoms with Crippen LogP contribution in [0.3, 0.4) is 0 Å². The number of halogens is 9. The summed E-state index contributed by atoms with van der Waals surface area (Å²) in [5.74, 6) is 3.47. The summed E-state index contributed by atoms with van der Waals surface area (Å²) in [5, 5.41) is 18.6. The lowest BCUT2D eigenvalue weighted by Crippen LogP contribution is -2.52. The lowest BCUT2D eigenvalue weighted by Gasteiger charge is -2.40. The third-order valence-corrected chi connectivity index (χ3v) is 24.5. The Hall–Kier alpha value is -17.1. The minimum absolute atomic E-state index is 0.0147. The molecule has 2 aromatic carbocycles. The predicted molar refractivity (Wildman–Crippen MR) is 513 cm³/mol. The zero-order chi connectivity index (χ0) is 96.4. The van der Waals surface area contributed by atoms with Crippen LogP contribution in [0.4, 0.5) is 52.6 Å². The first-order valence-corrected chi connectivity index (χ1v) is 44.8. The van der Waals surface area contributed by atoms with Crippen molar-refractivity contribution in [2.45, 2.75) is 49.9 Å². The number of ether oxygens (including phenoxy) is 1. The molecular weight excluding hydrogens is 1840 g/mol. The van der Waals surface area contributed by atoms with Gasteiger partial charge in [-0.3, -0.25) is 37.0 Å². The van der Waals surface area contributed by atoms with Crippen molar-refractivity contribution in [2.24, 2.45) is 15.0 Å². The highest BCUT2D eigenvalue weighted by Gasteiger charge is 2.37. The zero-order valence-electron chi connectivity index (χ0n) is 74.2. The molecular formula is C97H77ClF8N34O. The molecule has 0 amide bonds. The van der Waals surface area contributed by atoms with Crippen LogP contribution in [0.5, 0.6) is 0 Å². The third kappa shape index (κ3) is 18.9. The molecule has 0 aliphatic carbocycles. The number of H-pyrrole nitrogens is 2. The first kappa shape index (κ1) is 90.4. The van der Waals surface area contributed by atoms with Gasteiger partial charge in [-0.2, -0.15) is 31.6 Å². The van der Waals surface area contributed by atoms with Gasteiger partial charge in [-0.05, 0) is 90.4 Å². The number of hydrogen-bond donors (Lipinski definition) is 4. The lowest BCUT2D eigenvalue weighted by atomic mass is 10.0. The monoisotopic (exact) mass is 1920 g/mol. The summed E-state index contributed by atoms with van der Waals surface area (Å²) in [7, 11) is 0. The molecule has 6 aliphatic rings. The Labute approximate surface area is 798 Å². The molecule has 17 aromatic heterocycles. The molecule has 44 heteroatoms. The Bertz CT molecular complexity index is 7980. The molecule has 704 valence electrons. The summed E-state index contributed by atoms with van der Waals surface area (Å²) in [4.78, 5) is 102. The number of alkyl halides is 8. The maximum Gasteiger partial charge on any atom is 0.434 e. The second-order valence-electron chi connectivity index (χ2n) is 32.9. The third-order valence-electron chi connectivity index (χ3n) is 24.3. The van der Waals surface area contributed by atoms with E-state index in [1.807, 2.05) is 119 Å². The number of piperazine rings is 2. The molecule has 0 saturated carbocycles. The fourth-order valence-electron chi connectivity index (χ4n) is 17.4. The number of nitriles is 1. The molecule has 0 radical (unpaired) electrons. The number of fused-ring (bicyclic) bond motifs is 7. The molecule has 25 rings (SSSR count). The summed E-state index contributed by atoms with van der Waals surface area (Å²) in [5.41, 5.74) is 14.2. The van der Waals surface area contributed by atoms with Crippen LogP contribution < -0.4 is 25.3 Å². The summed E-state index contributed by atoms with van der Waals surface area (Å²) in [6, 6.07) is 35.8. The van der Waals surface area contributed by atoms with Crippen molar-refractivity contribution >= 4 is 97.7 Å². The maximum atomic E-state index is 13.1. The Balaban J connectivity index is 0.000000105. The second kappa shape index (κ2) is 38.8. The van der Waals surface area contributed by atoms with Gasteiger partial charge in [0.1, 0.15) is 57.6 Å². The first-order valence-electron chi connectivity index (χ1n) is 44.4. The highest BCUT2D eigenvalue weighted by atomic mass is 35.5. The molecule has 4 unspecified atom stereocenters. The van der Waals surface area contributed by atoms with E-state index in [-0.39, 0.29) is 29.9 Å². The van der Waals surface area contributed by atoms with Crippen molar-refractivity contribution in [1.29, 1.82) is 5.26 Å². The molecule has 141 heavy (non-hydrogen) atoms. The van der Waals surface area contributed by atoms with Crippen LogP contribution in [-0.4, -0.2) is 237 Å². The normalized spacial score (nSPS) is 17.0. The summed E-state index contributed by atoms with van der Waals surface area (Å²) < 4.78 is 118. The molecule has 0 bridgehead atoms. The maximum absolute atomic E-state index is 13.1. The second-order valence-corrected chi connectivity index (χ2v) is 33.2. The van der Waals surface area contributed by atoms with Gasteiger partial charge in [-0.25, -0.2) is 98.5 Å². The number of benzene rings is 2. The van der Waals surface area contributed by atoms with E-state index in [1.165, 1.54) is 33.6 Å². The smallest absolute Gasteiger partial charge is 0.369 e. The zero-order valence-corrected chi connectivity index (χ0v) is 75.0. The van der Waals surface area contributed by atoms with Crippen molar-refractivity contribution in [3.63, 3.8) is 0 Å². The fraction of sp³-hybridized carbons (Fsp3) is 0.196. The number of anilines is 3. The summed E-state index contributed by atoms with van der Waals surface area (Å²) in [6.45, 7) is 10.2. The molecule has 19 aromatic rings. The van der Waals surface area contributed by atoms with E-state index in [9.17, 15) is 35.1 Å². The van der Waals surface area contributed by atoms with Crippen LogP contribution in [0, 0.1) is 11.3 Å². The van der Waals surface area contributed by atoms with Gasteiger partial charge < -0.3 is 40.0 Å². The van der Waals surface area contributed by atoms with Crippen molar-refractivity contribution in [2.75, 3.05) is 86.8 Å². The van der Waals surface area contributed by atoms with Crippen molar-refractivity contribution < 1.29 is 39.9 Å². The van der Waals surface area contributed by atoms with Crippen molar-refractivity contribution in [1.82, 2.24) is 132 Å². The SMILES string of the molecule is CC1C(C2=CCN=C2)OCCN1c1ccnc(-c2cnc3cnc(Cl)cn23)n1.FC(F)(F)c1cn2c(-c3nccc(N4CCNC(C5=CCN=C5)C4)n3)cnc2cn1.FC(F)(F)c1cn2c(-c3nccc(N4CCNC(C5=CCN=C5)C4)n3)cnc2cn1.FC(F)c1cn2c(-c3cccc(-c4cccc5[nH]ccc45)n3)cnc2cn1.N#Cc1cn2c(-c3cccc(-c4cccc5[nH]ccc45)n3)cnc2cn1. The van der Waals surface area contributed by atoms with Gasteiger partial charge in [0.05, 0.1) is 140 Å². The highest BCUT2D eigenvalue weighted by molar-refractivity contribution is 6.29. The number of morpholine rings is 1. The predicted octanol–water partition coefficient (Wildman–Crippen LogP) is 15.1. The number of pyridine rings is 2. The van der Waals surface area contributed by atoms with E-state index in [0.29, 0.717) is 124 Å². The van der Waals surface area contributed by atoms with Gasteiger partial charge in [0.25, 0.3) is 6.43 Å². The minimum Gasteiger partial charge on any atom is -0.369 e. The van der Waals surface area contributed by atoms with E-state index in [1.54, 1.807) is 78.5 Å². The van der Waals surface area contributed by atoms with Crippen LogP contribution in [0.25, 0.3) is 130 Å². The van der Waals surface area contributed by atoms with E-state index >= 15 is 0 Å². The number of aliphatic imine (C=N–C) groups is 3.